The predicted molar refractivity (Wildman–Crippen MR) is 133 cm³/mol. The van der Waals surface area contributed by atoms with Crippen molar-refractivity contribution in [2.24, 2.45) is 0 Å². The van der Waals surface area contributed by atoms with Crippen LogP contribution in [0.25, 0.3) is 5.76 Å². The summed E-state index contributed by atoms with van der Waals surface area (Å²) in [7, 11) is 1.47. The van der Waals surface area contributed by atoms with Crippen LogP contribution in [0.3, 0.4) is 0 Å². The zero-order chi connectivity index (χ0) is 25.3. The summed E-state index contributed by atoms with van der Waals surface area (Å²) >= 11 is 6.30. The average molecular weight is 494 g/mol. The van der Waals surface area contributed by atoms with Crippen LogP contribution in [0.1, 0.15) is 31.0 Å². The van der Waals surface area contributed by atoms with Crippen molar-refractivity contribution in [2.75, 3.05) is 12.0 Å². The van der Waals surface area contributed by atoms with Crippen LogP contribution in [-0.2, 0) is 9.59 Å². The highest BCUT2D eigenvalue weighted by molar-refractivity contribution is 6.51. The van der Waals surface area contributed by atoms with Crippen molar-refractivity contribution in [3.05, 3.63) is 88.5 Å². The highest BCUT2D eigenvalue weighted by Gasteiger charge is 2.47. The third kappa shape index (κ3) is 4.68. The lowest BCUT2D eigenvalue weighted by atomic mass is 9.95. The lowest BCUT2D eigenvalue weighted by molar-refractivity contribution is -0.132. The zero-order valence-corrected chi connectivity index (χ0v) is 20.1. The largest absolute Gasteiger partial charge is 0.508 e. The van der Waals surface area contributed by atoms with Gasteiger partial charge >= 0.3 is 0 Å². The lowest BCUT2D eigenvalue weighted by Gasteiger charge is -2.26. The fourth-order valence-electron chi connectivity index (χ4n) is 4.00. The molecule has 1 amide bonds. The van der Waals surface area contributed by atoms with E-state index in [1.165, 1.54) is 30.2 Å². The topological polar surface area (TPSA) is 96.3 Å². The molecule has 1 unspecified atom stereocenters. The maximum absolute atomic E-state index is 13.2. The number of benzene rings is 3. The van der Waals surface area contributed by atoms with Gasteiger partial charge in [-0.1, -0.05) is 23.7 Å². The number of hydrogen-bond acceptors (Lipinski definition) is 6. The Morgan fingerprint density at radius 2 is 1.66 bits per heavy atom. The number of hydrogen-bond donors (Lipinski definition) is 2. The third-order valence-corrected chi connectivity index (χ3v) is 5.86. The van der Waals surface area contributed by atoms with Crippen LogP contribution in [0.2, 0.25) is 5.02 Å². The van der Waals surface area contributed by atoms with Crippen molar-refractivity contribution in [3.8, 4) is 17.2 Å². The van der Waals surface area contributed by atoms with Crippen molar-refractivity contribution in [1.82, 2.24) is 0 Å². The molecule has 0 aromatic heterocycles. The number of aliphatic hydroxyl groups excluding tert-OH is 1. The van der Waals surface area contributed by atoms with Gasteiger partial charge in [-0.25, -0.2) is 0 Å². The van der Waals surface area contributed by atoms with Gasteiger partial charge < -0.3 is 19.7 Å². The van der Waals surface area contributed by atoms with Crippen LogP contribution in [0.4, 0.5) is 5.69 Å². The second-order valence-electron chi connectivity index (χ2n) is 8.27. The number of rotatable bonds is 6. The smallest absolute Gasteiger partial charge is 0.300 e. The molecule has 1 fully saturated rings. The molecular weight excluding hydrogens is 470 g/mol. The number of phenols is 1. The molecule has 0 radical (unpaired) electrons. The van der Waals surface area contributed by atoms with Gasteiger partial charge in [0.25, 0.3) is 11.7 Å². The van der Waals surface area contributed by atoms with Crippen LogP contribution < -0.4 is 14.4 Å². The normalized spacial score (nSPS) is 17.2. The molecule has 35 heavy (non-hydrogen) atoms. The minimum absolute atomic E-state index is 0.0226. The highest BCUT2D eigenvalue weighted by Crippen LogP contribution is 2.44. The molecule has 2 N–H and O–H groups in total. The predicted octanol–water partition coefficient (Wildman–Crippen LogP) is 5.47. The van der Waals surface area contributed by atoms with E-state index in [4.69, 9.17) is 21.1 Å². The number of ketones is 1. The number of aromatic hydroxyl groups is 1. The molecule has 180 valence electrons. The Balaban J connectivity index is 1.86. The molecular formula is C27H24ClNO6. The van der Waals surface area contributed by atoms with Crippen molar-refractivity contribution in [3.63, 3.8) is 0 Å². The number of ether oxygens (including phenoxy) is 2. The first-order valence-corrected chi connectivity index (χ1v) is 11.3. The number of halogens is 1. The Morgan fingerprint density at radius 3 is 2.23 bits per heavy atom. The number of amides is 1. The monoisotopic (exact) mass is 493 g/mol. The van der Waals surface area contributed by atoms with Crippen molar-refractivity contribution >= 4 is 34.7 Å². The Labute approximate surface area is 207 Å². The van der Waals surface area contributed by atoms with Crippen molar-refractivity contribution in [2.45, 2.75) is 26.0 Å². The summed E-state index contributed by atoms with van der Waals surface area (Å²) in [6.45, 7) is 3.80. The van der Waals surface area contributed by atoms with Gasteiger partial charge in [-0.2, -0.15) is 0 Å². The maximum Gasteiger partial charge on any atom is 0.300 e. The minimum Gasteiger partial charge on any atom is -0.508 e. The molecule has 8 heteroatoms. The molecule has 1 atom stereocenters. The van der Waals surface area contributed by atoms with Gasteiger partial charge in [-0.05, 0) is 74.0 Å². The van der Waals surface area contributed by atoms with Crippen LogP contribution >= 0.6 is 11.6 Å². The molecule has 1 aliphatic rings. The number of aliphatic hydroxyl groups is 1. The fourth-order valence-corrected chi connectivity index (χ4v) is 4.25. The standard InChI is InChI=1S/C27H24ClNO6/c1-15(2)35-20-11-6-17(7-12-20)25(31)23-24(16-4-9-19(30)10-5-16)29(27(33)26(23)32)18-8-13-22(34-3)21(28)14-18/h4-15,24,30-31H,1-3H3/b25-23+. The van der Waals surface area contributed by atoms with E-state index in [0.717, 1.165) is 0 Å². The van der Waals surface area contributed by atoms with Gasteiger partial charge in [0.05, 0.1) is 29.9 Å². The SMILES string of the molecule is COc1ccc(N2C(=O)C(=O)/C(=C(/O)c3ccc(OC(C)C)cc3)C2c2ccc(O)cc2)cc1Cl. The Kier molecular flexibility index (Phi) is 6.71. The first-order chi connectivity index (χ1) is 16.7. The highest BCUT2D eigenvalue weighted by atomic mass is 35.5. The van der Waals surface area contributed by atoms with E-state index in [2.05, 4.69) is 0 Å². The van der Waals surface area contributed by atoms with Gasteiger partial charge in [0.2, 0.25) is 0 Å². The van der Waals surface area contributed by atoms with E-state index in [1.54, 1.807) is 48.5 Å². The summed E-state index contributed by atoms with van der Waals surface area (Å²) in [6.07, 6.45) is -0.0226. The molecule has 0 aliphatic carbocycles. The summed E-state index contributed by atoms with van der Waals surface area (Å²) in [5, 5.41) is 21.2. The molecule has 4 rings (SSSR count). The van der Waals surface area contributed by atoms with E-state index in [-0.39, 0.29) is 28.2 Å². The number of Topliss-reactive ketones (excluding diaryl/α,β-unsaturated/α-hetero) is 1. The third-order valence-electron chi connectivity index (χ3n) is 5.57. The van der Waals surface area contributed by atoms with Crippen LogP contribution in [0.15, 0.2) is 72.3 Å². The lowest BCUT2D eigenvalue weighted by Crippen LogP contribution is -2.29. The Hall–Kier alpha value is -3.97. The number of phenolic OH excluding ortho intramolecular Hbond substituents is 1. The maximum atomic E-state index is 13.2. The summed E-state index contributed by atoms with van der Waals surface area (Å²) < 4.78 is 10.8. The zero-order valence-electron chi connectivity index (χ0n) is 19.4. The van der Waals surface area contributed by atoms with Crippen LogP contribution in [0, 0.1) is 0 Å². The van der Waals surface area contributed by atoms with E-state index in [9.17, 15) is 19.8 Å². The van der Waals surface area contributed by atoms with Gasteiger partial charge in [-0.3, -0.25) is 14.5 Å². The quantitative estimate of drug-likeness (QED) is 0.268. The van der Waals surface area contributed by atoms with Crippen molar-refractivity contribution in [1.29, 1.82) is 0 Å². The molecule has 3 aromatic rings. The molecule has 7 nitrogen and oxygen atoms in total. The second kappa shape index (κ2) is 9.72. The number of nitrogens with zero attached hydrogens (tertiary/aromatic N) is 1. The summed E-state index contributed by atoms with van der Waals surface area (Å²) in [6, 6.07) is 16.5. The molecule has 0 bridgehead atoms. The van der Waals surface area contributed by atoms with Crippen molar-refractivity contribution < 1.29 is 29.3 Å². The number of carbonyl (C=O) groups excluding carboxylic acids is 2. The van der Waals surface area contributed by atoms with E-state index >= 15 is 0 Å². The molecule has 1 saturated heterocycles. The van der Waals surface area contributed by atoms with Gasteiger partial charge in [0.1, 0.15) is 23.0 Å². The minimum atomic E-state index is -0.952. The van der Waals surface area contributed by atoms with Gasteiger partial charge in [-0.15, -0.1) is 0 Å². The van der Waals surface area contributed by atoms with E-state index in [1.807, 2.05) is 13.8 Å². The van der Waals surface area contributed by atoms with Crippen LogP contribution in [-0.4, -0.2) is 35.1 Å². The van der Waals surface area contributed by atoms with Crippen LogP contribution in [0.5, 0.6) is 17.2 Å². The number of methoxy groups -OCH3 is 1. The Morgan fingerprint density at radius 1 is 1.00 bits per heavy atom. The second-order valence-corrected chi connectivity index (χ2v) is 8.68. The Bertz CT molecular complexity index is 1300. The molecule has 0 spiro atoms. The first kappa shape index (κ1) is 24.2. The fraction of sp³-hybridized carbons (Fsp3) is 0.185. The molecule has 3 aromatic carbocycles. The summed E-state index contributed by atoms with van der Waals surface area (Å²) in [4.78, 5) is 27.7. The molecule has 0 saturated carbocycles. The van der Waals surface area contributed by atoms with E-state index < -0.39 is 17.7 Å². The number of anilines is 1. The molecule has 1 aliphatic heterocycles. The average Bonchev–Trinajstić information content (AvgIpc) is 3.09. The summed E-state index contributed by atoms with van der Waals surface area (Å²) in [5.41, 5.74) is 1.16. The van der Waals surface area contributed by atoms with Gasteiger partial charge in [0, 0.05) is 11.3 Å². The molecule has 1 heterocycles. The number of carbonyl (C=O) groups is 2. The summed E-state index contributed by atoms with van der Waals surface area (Å²) in [5.74, 6) is -0.920. The van der Waals surface area contributed by atoms with Gasteiger partial charge in [0.15, 0.2) is 0 Å². The first-order valence-electron chi connectivity index (χ1n) is 10.9. The van der Waals surface area contributed by atoms with E-state index in [0.29, 0.717) is 28.3 Å².